The van der Waals surface area contributed by atoms with Gasteiger partial charge in [0.1, 0.15) is 0 Å². The third-order valence-corrected chi connectivity index (χ3v) is 7.56. The standard InChI is InChI=1S/C21H28N6O3/c28-17-15-4-5-21(16(15)22-19(23-17)27-10-12-29-13-11-27)6-8-26(9-7-21)20-24-18(30-25-20)14-2-1-3-14/h14H,1-13H2,(H,22,23,28). The summed E-state index contributed by atoms with van der Waals surface area (Å²) in [5.41, 5.74) is 1.92. The number of ether oxygens (including phenoxy) is 1. The molecule has 3 fully saturated rings. The van der Waals surface area contributed by atoms with Gasteiger partial charge in [0.15, 0.2) is 0 Å². The molecule has 9 nitrogen and oxygen atoms in total. The number of morpholine rings is 1. The fraction of sp³-hybridized carbons (Fsp3) is 0.714. The fourth-order valence-corrected chi connectivity index (χ4v) is 5.36. The molecule has 0 bridgehead atoms. The van der Waals surface area contributed by atoms with Crippen molar-refractivity contribution in [3.8, 4) is 0 Å². The van der Waals surface area contributed by atoms with Gasteiger partial charge in [0.05, 0.1) is 18.9 Å². The second kappa shape index (κ2) is 7.08. The van der Waals surface area contributed by atoms with E-state index in [9.17, 15) is 4.79 Å². The molecule has 9 heteroatoms. The number of anilines is 2. The monoisotopic (exact) mass is 412 g/mol. The number of nitrogens with one attached hydrogen (secondary N) is 1. The van der Waals surface area contributed by atoms with Crippen LogP contribution in [0.4, 0.5) is 11.9 Å². The van der Waals surface area contributed by atoms with Crippen molar-refractivity contribution in [2.75, 3.05) is 49.2 Å². The molecule has 0 amide bonds. The van der Waals surface area contributed by atoms with E-state index < -0.39 is 0 Å². The van der Waals surface area contributed by atoms with Crippen molar-refractivity contribution in [3.05, 3.63) is 27.5 Å². The van der Waals surface area contributed by atoms with Gasteiger partial charge in [-0.2, -0.15) is 4.98 Å². The summed E-state index contributed by atoms with van der Waals surface area (Å²) in [6.07, 6.45) is 7.32. The van der Waals surface area contributed by atoms with Crippen LogP contribution in [-0.4, -0.2) is 59.5 Å². The Labute approximate surface area is 174 Å². The molecular formula is C21H28N6O3. The van der Waals surface area contributed by atoms with E-state index in [2.05, 4.69) is 24.9 Å². The zero-order valence-electron chi connectivity index (χ0n) is 17.2. The molecule has 0 aromatic carbocycles. The highest BCUT2D eigenvalue weighted by molar-refractivity contribution is 5.42. The Morgan fingerprint density at radius 2 is 1.80 bits per heavy atom. The summed E-state index contributed by atoms with van der Waals surface area (Å²) in [7, 11) is 0. The molecule has 0 atom stereocenters. The molecule has 2 aromatic heterocycles. The highest BCUT2D eigenvalue weighted by atomic mass is 16.5. The summed E-state index contributed by atoms with van der Waals surface area (Å²) < 4.78 is 11.0. The van der Waals surface area contributed by atoms with Gasteiger partial charge in [-0.25, -0.2) is 4.98 Å². The van der Waals surface area contributed by atoms with Gasteiger partial charge in [-0.15, -0.1) is 0 Å². The summed E-state index contributed by atoms with van der Waals surface area (Å²) in [5, 5.41) is 4.24. The Bertz CT molecular complexity index is 983. The topological polar surface area (TPSA) is 100 Å². The maximum absolute atomic E-state index is 12.8. The van der Waals surface area contributed by atoms with Gasteiger partial charge in [-0.3, -0.25) is 9.78 Å². The predicted octanol–water partition coefficient (Wildman–Crippen LogP) is 1.74. The SMILES string of the molecule is O=c1[nH]c(N2CCOCC2)nc2c1CCC21CCN(c2noc(C3CCC3)n2)CC1. The van der Waals surface area contributed by atoms with Gasteiger partial charge in [0, 0.05) is 43.1 Å². The van der Waals surface area contributed by atoms with Crippen molar-refractivity contribution < 1.29 is 9.26 Å². The maximum Gasteiger partial charge on any atom is 0.266 e. The smallest absolute Gasteiger partial charge is 0.266 e. The highest BCUT2D eigenvalue weighted by Crippen LogP contribution is 2.45. The van der Waals surface area contributed by atoms with Crippen LogP contribution >= 0.6 is 0 Å². The third-order valence-electron chi connectivity index (χ3n) is 7.56. The van der Waals surface area contributed by atoms with Crippen LogP contribution in [0.5, 0.6) is 0 Å². The van der Waals surface area contributed by atoms with E-state index in [1.54, 1.807) is 0 Å². The number of hydrogen-bond donors (Lipinski definition) is 1. The number of hydrogen-bond acceptors (Lipinski definition) is 8. The Morgan fingerprint density at radius 3 is 2.53 bits per heavy atom. The predicted molar refractivity (Wildman–Crippen MR) is 110 cm³/mol. The van der Waals surface area contributed by atoms with Crippen molar-refractivity contribution in [2.45, 2.75) is 56.3 Å². The second-order valence-corrected chi connectivity index (χ2v) is 9.14. The minimum absolute atomic E-state index is 0.0122. The number of fused-ring (bicyclic) bond motifs is 2. The molecule has 2 aliphatic carbocycles. The molecule has 1 saturated carbocycles. The molecule has 2 aliphatic heterocycles. The summed E-state index contributed by atoms with van der Waals surface area (Å²) in [6, 6.07) is 0. The van der Waals surface area contributed by atoms with E-state index in [1.165, 1.54) is 6.42 Å². The lowest BCUT2D eigenvalue weighted by Crippen LogP contribution is -2.43. The molecule has 2 aromatic rings. The van der Waals surface area contributed by atoms with E-state index in [-0.39, 0.29) is 11.0 Å². The van der Waals surface area contributed by atoms with E-state index in [0.717, 1.165) is 87.8 Å². The first-order valence-corrected chi connectivity index (χ1v) is 11.3. The first-order valence-electron chi connectivity index (χ1n) is 11.3. The number of piperidine rings is 1. The van der Waals surface area contributed by atoms with Crippen LogP contribution in [0.3, 0.4) is 0 Å². The maximum atomic E-state index is 12.8. The van der Waals surface area contributed by atoms with Gasteiger partial charge in [0.25, 0.3) is 11.5 Å². The van der Waals surface area contributed by atoms with Crippen LogP contribution in [0.15, 0.2) is 9.32 Å². The molecule has 4 aliphatic rings. The summed E-state index contributed by atoms with van der Waals surface area (Å²) in [4.78, 5) is 29.8. The van der Waals surface area contributed by atoms with Crippen LogP contribution in [0.1, 0.15) is 61.6 Å². The number of rotatable bonds is 3. The average molecular weight is 412 g/mol. The van der Waals surface area contributed by atoms with Gasteiger partial charge in [-0.1, -0.05) is 6.42 Å². The van der Waals surface area contributed by atoms with E-state index in [4.69, 9.17) is 14.2 Å². The zero-order chi connectivity index (χ0) is 20.1. The molecule has 6 rings (SSSR count). The molecule has 0 unspecified atom stereocenters. The lowest BCUT2D eigenvalue weighted by atomic mass is 9.76. The van der Waals surface area contributed by atoms with Gasteiger partial charge in [0.2, 0.25) is 11.8 Å². The van der Waals surface area contributed by atoms with Gasteiger partial charge < -0.3 is 19.1 Å². The number of H-pyrrole nitrogens is 1. The minimum Gasteiger partial charge on any atom is -0.378 e. The van der Waals surface area contributed by atoms with Crippen molar-refractivity contribution >= 4 is 11.9 Å². The average Bonchev–Trinajstić information content (AvgIpc) is 3.35. The Hall–Kier alpha value is -2.42. The summed E-state index contributed by atoms with van der Waals surface area (Å²) in [6.45, 7) is 4.62. The normalized spacial score (nSPS) is 23.6. The summed E-state index contributed by atoms with van der Waals surface area (Å²) >= 11 is 0. The van der Waals surface area contributed by atoms with Crippen LogP contribution in [0, 0.1) is 0 Å². The molecule has 2 saturated heterocycles. The lowest BCUT2D eigenvalue weighted by molar-refractivity contribution is 0.122. The first kappa shape index (κ1) is 18.4. The number of nitrogens with zero attached hydrogens (tertiary/aromatic N) is 5. The Balaban J connectivity index is 1.22. The Kier molecular flexibility index (Phi) is 4.33. The summed E-state index contributed by atoms with van der Waals surface area (Å²) in [5.74, 6) is 2.68. The Morgan fingerprint density at radius 1 is 1.00 bits per heavy atom. The first-order chi connectivity index (χ1) is 14.7. The van der Waals surface area contributed by atoms with Gasteiger partial charge in [-0.05, 0) is 43.7 Å². The second-order valence-electron chi connectivity index (χ2n) is 9.14. The van der Waals surface area contributed by atoms with Crippen LogP contribution < -0.4 is 15.4 Å². The van der Waals surface area contributed by atoms with E-state index in [1.807, 2.05) is 0 Å². The van der Waals surface area contributed by atoms with E-state index >= 15 is 0 Å². The highest BCUT2D eigenvalue weighted by Gasteiger charge is 2.45. The lowest BCUT2D eigenvalue weighted by Gasteiger charge is -2.39. The van der Waals surface area contributed by atoms with Crippen molar-refractivity contribution in [2.24, 2.45) is 0 Å². The number of aromatic amines is 1. The van der Waals surface area contributed by atoms with E-state index in [0.29, 0.717) is 25.1 Å². The minimum atomic E-state index is -0.0122. The fourth-order valence-electron chi connectivity index (χ4n) is 5.36. The van der Waals surface area contributed by atoms with Crippen LogP contribution in [0.2, 0.25) is 0 Å². The van der Waals surface area contributed by atoms with Crippen molar-refractivity contribution in [1.82, 2.24) is 20.1 Å². The molecular weight excluding hydrogens is 384 g/mol. The molecule has 0 radical (unpaired) electrons. The van der Waals surface area contributed by atoms with Gasteiger partial charge >= 0.3 is 0 Å². The largest absolute Gasteiger partial charge is 0.378 e. The molecule has 1 spiro atoms. The molecule has 30 heavy (non-hydrogen) atoms. The van der Waals surface area contributed by atoms with Crippen molar-refractivity contribution in [3.63, 3.8) is 0 Å². The molecule has 4 heterocycles. The number of aromatic nitrogens is 4. The third kappa shape index (κ3) is 2.93. The van der Waals surface area contributed by atoms with Crippen LogP contribution in [-0.2, 0) is 16.6 Å². The van der Waals surface area contributed by atoms with Crippen LogP contribution in [0.25, 0.3) is 0 Å². The van der Waals surface area contributed by atoms with Crippen molar-refractivity contribution in [1.29, 1.82) is 0 Å². The molecule has 1 N–H and O–H groups in total. The molecule has 160 valence electrons. The zero-order valence-corrected chi connectivity index (χ0v) is 17.2. The quantitative estimate of drug-likeness (QED) is 0.814.